The number of nitrogens with one attached hydrogen (secondary N) is 2. The van der Waals surface area contributed by atoms with Gasteiger partial charge in [0.2, 0.25) is 5.91 Å². The summed E-state index contributed by atoms with van der Waals surface area (Å²) in [4.78, 5) is 62.7. The van der Waals surface area contributed by atoms with Crippen molar-refractivity contribution in [2.24, 2.45) is 0 Å². The van der Waals surface area contributed by atoms with Gasteiger partial charge in [0.1, 0.15) is 11.4 Å². The number of amides is 2. The van der Waals surface area contributed by atoms with E-state index in [2.05, 4.69) is 26.7 Å². The molecule has 0 spiro atoms. The van der Waals surface area contributed by atoms with Crippen molar-refractivity contribution in [3.63, 3.8) is 0 Å². The number of carbonyl (C=O) groups excluding carboxylic acids is 2. The Hall–Kier alpha value is -6.66. The Labute approximate surface area is 377 Å². The van der Waals surface area contributed by atoms with Gasteiger partial charge < -0.3 is 45.1 Å². The normalized spacial score (nSPS) is 13.0. The van der Waals surface area contributed by atoms with Crippen LogP contribution in [0.3, 0.4) is 0 Å². The molecule has 0 bridgehead atoms. The molecule has 1 aliphatic heterocycles. The first-order chi connectivity index (χ1) is 31.7. The largest absolute Gasteiger partial charge is 0.477 e. The minimum absolute atomic E-state index is 0.0123. The van der Waals surface area contributed by atoms with Gasteiger partial charge in [0, 0.05) is 44.7 Å². The first-order valence-electron chi connectivity index (χ1n) is 21.4. The summed E-state index contributed by atoms with van der Waals surface area (Å²) in [5, 5.41) is 34.4. The van der Waals surface area contributed by atoms with E-state index < -0.39 is 18.0 Å². The Bertz CT molecular complexity index is 2390. The number of hydrogen-bond donors (Lipinski definition) is 5. The molecule has 0 saturated carbocycles. The predicted octanol–water partition coefficient (Wildman–Crippen LogP) is 4.93. The lowest BCUT2D eigenvalue weighted by molar-refractivity contribution is -0.118. The first kappa shape index (κ1) is 47.8. The molecule has 340 valence electrons. The fourth-order valence-electron chi connectivity index (χ4n) is 7.28. The lowest BCUT2D eigenvalue weighted by Crippen LogP contribution is -2.36. The van der Waals surface area contributed by atoms with E-state index >= 15 is 0 Å². The lowest BCUT2D eigenvalue weighted by atomic mass is 9.99. The molecule has 3 heterocycles. The summed E-state index contributed by atoms with van der Waals surface area (Å²) in [5.41, 5.74) is 5.85. The van der Waals surface area contributed by atoms with Gasteiger partial charge in [-0.05, 0) is 64.7 Å². The van der Waals surface area contributed by atoms with Gasteiger partial charge in [-0.15, -0.1) is 0 Å². The SMILES string of the molecule is O=C(NCCC(=O)N1Cc2ccccc2/C=C\c2ccccc21)c1ccc(C(c2cccc(C(=O)O)n2)N(CCOCCO)CCOCCOCCNCc2cccc(C(=O)O)n2)cc1. The Morgan fingerprint density at radius 1 is 0.677 bits per heavy atom. The molecule has 3 aromatic carbocycles. The van der Waals surface area contributed by atoms with E-state index in [1.54, 1.807) is 53.4 Å². The fraction of sp³-hybridized carbons (Fsp3) is 0.306. The molecule has 6 rings (SSSR count). The van der Waals surface area contributed by atoms with Crippen LogP contribution in [0.15, 0.2) is 109 Å². The monoisotopic (exact) mass is 886 g/mol. The molecule has 2 amide bonds. The molecule has 2 aromatic heterocycles. The second-order valence-electron chi connectivity index (χ2n) is 14.9. The number of pyridine rings is 2. The van der Waals surface area contributed by atoms with E-state index in [-0.39, 0.29) is 62.6 Å². The second-order valence-corrected chi connectivity index (χ2v) is 14.9. The van der Waals surface area contributed by atoms with Crippen LogP contribution in [0, 0.1) is 0 Å². The van der Waals surface area contributed by atoms with Gasteiger partial charge in [-0.25, -0.2) is 19.6 Å². The van der Waals surface area contributed by atoms with E-state index in [1.807, 2.05) is 59.5 Å². The van der Waals surface area contributed by atoms with Crippen LogP contribution in [0.5, 0.6) is 0 Å². The molecule has 16 nitrogen and oxygen atoms in total. The van der Waals surface area contributed by atoms with Crippen LogP contribution in [-0.4, -0.2) is 126 Å². The molecule has 16 heteroatoms. The van der Waals surface area contributed by atoms with Crippen LogP contribution in [0.2, 0.25) is 0 Å². The number of benzene rings is 3. The van der Waals surface area contributed by atoms with Gasteiger partial charge in [0.05, 0.1) is 75.9 Å². The summed E-state index contributed by atoms with van der Waals surface area (Å²) in [5.74, 6) is -2.73. The number of ether oxygens (including phenoxy) is 3. The highest BCUT2D eigenvalue weighted by molar-refractivity contribution is 5.98. The molecule has 5 N–H and O–H groups in total. The van der Waals surface area contributed by atoms with Crippen molar-refractivity contribution in [1.82, 2.24) is 25.5 Å². The van der Waals surface area contributed by atoms with Crippen LogP contribution in [-0.2, 0) is 32.1 Å². The summed E-state index contributed by atoms with van der Waals surface area (Å²) in [6.07, 6.45) is 4.15. The second kappa shape index (κ2) is 25.0. The molecule has 1 atom stereocenters. The first-order valence-corrected chi connectivity index (χ1v) is 21.4. The molecular formula is C49H54N6O10. The highest BCUT2D eigenvalue weighted by Crippen LogP contribution is 2.30. The number of aliphatic hydroxyl groups excluding tert-OH is 1. The maximum absolute atomic E-state index is 13.7. The van der Waals surface area contributed by atoms with Crippen molar-refractivity contribution in [3.8, 4) is 0 Å². The van der Waals surface area contributed by atoms with Gasteiger partial charge in [0.25, 0.3) is 5.91 Å². The van der Waals surface area contributed by atoms with E-state index in [4.69, 9.17) is 19.3 Å². The van der Waals surface area contributed by atoms with Crippen LogP contribution in [0.4, 0.5) is 5.69 Å². The quantitative estimate of drug-likeness (QED) is 0.0492. The van der Waals surface area contributed by atoms with Crippen LogP contribution in [0.1, 0.15) is 77.4 Å². The number of aliphatic hydroxyl groups is 1. The standard InChI is InChI=1S/C49H54N6O10/c56-26-30-64-28-24-54(25-29-65-32-31-63-27-23-50-33-40-10-5-12-42(52-40)48(59)60)46(41-11-6-13-43(53-41)49(61)62)37-17-19-38(20-18-37)47(58)51-22-21-45(57)55-34-39-9-2-1-7-35(39)15-16-36-8-3-4-14-44(36)55/h1-20,46,50,56H,21-34H2,(H,51,58)(H,59,60)(H,61,62)/b16-15-. The van der Waals surface area contributed by atoms with Crippen molar-refractivity contribution in [3.05, 3.63) is 160 Å². The maximum atomic E-state index is 13.7. The van der Waals surface area contributed by atoms with E-state index in [0.29, 0.717) is 69.5 Å². The molecule has 1 unspecified atom stereocenters. The van der Waals surface area contributed by atoms with E-state index in [1.165, 1.54) is 12.1 Å². The summed E-state index contributed by atoms with van der Waals surface area (Å²) < 4.78 is 17.3. The maximum Gasteiger partial charge on any atom is 0.354 e. The van der Waals surface area contributed by atoms with Crippen molar-refractivity contribution in [1.29, 1.82) is 0 Å². The Morgan fingerprint density at radius 3 is 2.06 bits per heavy atom. The number of carbonyl (C=O) groups is 4. The van der Waals surface area contributed by atoms with E-state index in [0.717, 1.165) is 27.9 Å². The highest BCUT2D eigenvalue weighted by atomic mass is 16.5. The summed E-state index contributed by atoms with van der Waals surface area (Å²) in [6.45, 7) is 3.77. The molecule has 5 aromatic rings. The predicted molar refractivity (Wildman–Crippen MR) is 243 cm³/mol. The molecule has 1 aliphatic rings. The minimum Gasteiger partial charge on any atom is -0.477 e. The third-order valence-electron chi connectivity index (χ3n) is 10.5. The van der Waals surface area contributed by atoms with Gasteiger partial charge in [0.15, 0.2) is 0 Å². The summed E-state index contributed by atoms with van der Waals surface area (Å²) in [7, 11) is 0. The smallest absolute Gasteiger partial charge is 0.354 e. The number of para-hydroxylation sites is 1. The minimum atomic E-state index is -1.17. The van der Waals surface area contributed by atoms with Crippen molar-refractivity contribution in [2.75, 3.05) is 77.3 Å². The molecule has 0 aliphatic carbocycles. The number of aromatic nitrogens is 2. The fourth-order valence-corrected chi connectivity index (χ4v) is 7.28. The number of fused-ring (bicyclic) bond motifs is 2. The lowest BCUT2D eigenvalue weighted by Gasteiger charge is -2.32. The molecule has 65 heavy (non-hydrogen) atoms. The van der Waals surface area contributed by atoms with Crippen molar-refractivity contribution >= 4 is 41.6 Å². The van der Waals surface area contributed by atoms with Crippen LogP contribution in [0.25, 0.3) is 12.2 Å². The summed E-state index contributed by atoms with van der Waals surface area (Å²) >= 11 is 0. The van der Waals surface area contributed by atoms with E-state index in [9.17, 15) is 29.4 Å². The van der Waals surface area contributed by atoms with Crippen molar-refractivity contribution in [2.45, 2.75) is 25.6 Å². The number of carboxylic acids is 2. The zero-order chi connectivity index (χ0) is 45.8. The third-order valence-corrected chi connectivity index (χ3v) is 10.5. The van der Waals surface area contributed by atoms with Crippen LogP contribution < -0.4 is 15.5 Å². The Balaban J connectivity index is 1.06. The average Bonchev–Trinajstić information content (AvgIpc) is 3.31. The molecular weight excluding hydrogens is 833 g/mol. The average molecular weight is 887 g/mol. The number of nitrogens with zero attached hydrogens (tertiary/aromatic N) is 4. The van der Waals surface area contributed by atoms with Gasteiger partial charge in [-0.1, -0.05) is 78.9 Å². The van der Waals surface area contributed by atoms with Gasteiger partial charge in [-0.2, -0.15) is 0 Å². The highest BCUT2D eigenvalue weighted by Gasteiger charge is 2.26. The van der Waals surface area contributed by atoms with Crippen molar-refractivity contribution < 1.29 is 48.7 Å². The molecule has 0 fully saturated rings. The van der Waals surface area contributed by atoms with Crippen LogP contribution >= 0.6 is 0 Å². The number of rotatable bonds is 25. The number of hydrogen-bond acceptors (Lipinski definition) is 12. The Kier molecular flexibility index (Phi) is 18.4. The number of aromatic carboxylic acids is 2. The number of carboxylic acid groups (broad SMARTS) is 2. The zero-order valence-electron chi connectivity index (χ0n) is 36.0. The summed E-state index contributed by atoms with van der Waals surface area (Å²) in [6, 6.07) is 31.7. The Morgan fingerprint density at radius 2 is 1.32 bits per heavy atom. The topological polar surface area (TPSA) is 213 Å². The third kappa shape index (κ3) is 14.2. The number of anilines is 1. The van der Waals surface area contributed by atoms with Gasteiger partial charge >= 0.3 is 11.9 Å². The molecule has 0 saturated heterocycles. The molecule has 0 radical (unpaired) electrons. The zero-order valence-corrected chi connectivity index (χ0v) is 36.0. The van der Waals surface area contributed by atoms with Gasteiger partial charge in [-0.3, -0.25) is 14.5 Å².